The van der Waals surface area contributed by atoms with Gasteiger partial charge in [0, 0.05) is 23.4 Å². The van der Waals surface area contributed by atoms with Crippen LogP contribution in [0.25, 0.3) is 11.3 Å². The van der Waals surface area contributed by atoms with Gasteiger partial charge in [-0.05, 0) is 18.2 Å². The maximum absolute atomic E-state index is 13.3. The van der Waals surface area contributed by atoms with Crippen LogP contribution in [0.3, 0.4) is 0 Å². The molecule has 0 aliphatic heterocycles. The molecule has 0 saturated carbocycles. The molecule has 2 N–H and O–H groups in total. The van der Waals surface area contributed by atoms with Gasteiger partial charge >= 0.3 is 0 Å². The number of methoxy groups -OCH3 is 1. The zero-order valence-corrected chi connectivity index (χ0v) is 11.1. The third-order valence-electron chi connectivity index (χ3n) is 2.73. The van der Waals surface area contributed by atoms with Gasteiger partial charge in [0.15, 0.2) is 0 Å². The highest BCUT2D eigenvalue weighted by molar-refractivity contribution is 7.10. The lowest BCUT2D eigenvalue weighted by Crippen LogP contribution is -2.08. The quantitative estimate of drug-likeness (QED) is 0.925. The minimum absolute atomic E-state index is 0.211. The molecule has 0 aliphatic carbocycles. The van der Waals surface area contributed by atoms with E-state index in [2.05, 4.69) is 4.98 Å². The summed E-state index contributed by atoms with van der Waals surface area (Å²) in [5, 5.41) is 2.86. The number of halogens is 1. The zero-order valence-electron chi connectivity index (χ0n) is 10.3. The Bertz CT molecular complexity index is 542. The van der Waals surface area contributed by atoms with E-state index in [0.717, 1.165) is 10.7 Å². The van der Waals surface area contributed by atoms with Crippen LogP contribution in [-0.2, 0) is 0 Å². The van der Waals surface area contributed by atoms with Crippen molar-refractivity contribution in [2.45, 2.75) is 12.8 Å². The van der Waals surface area contributed by atoms with E-state index >= 15 is 0 Å². The predicted molar refractivity (Wildman–Crippen MR) is 71.5 cm³/mol. The monoisotopic (exact) mass is 266 g/mol. The molecule has 0 spiro atoms. The van der Waals surface area contributed by atoms with E-state index < -0.39 is 0 Å². The van der Waals surface area contributed by atoms with E-state index in [1.807, 2.05) is 12.3 Å². The largest absolute Gasteiger partial charge is 0.496 e. The smallest absolute Gasteiger partial charge is 0.128 e. The number of ether oxygens (including phenoxy) is 1. The van der Waals surface area contributed by atoms with Crippen LogP contribution in [0.15, 0.2) is 23.6 Å². The van der Waals surface area contributed by atoms with Crippen molar-refractivity contribution in [2.75, 3.05) is 13.7 Å². The van der Waals surface area contributed by atoms with Crippen molar-refractivity contribution in [1.29, 1.82) is 0 Å². The molecule has 1 heterocycles. The maximum atomic E-state index is 13.3. The van der Waals surface area contributed by atoms with Gasteiger partial charge in [-0.15, -0.1) is 11.3 Å². The Hall–Kier alpha value is -1.46. The van der Waals surface area contributed by atoms with Crippen molar-refractivity contribution in [2.24, 2.45) is 5.73 Å². The molecule has 3 nitrogen and oxygen atoms in total. The Morgan fingerprint density at radius 2 is 2.28 bits per heavy atom. The second kappa shape index (κ2) is 5.46. The van der Waals surface area contributed by atoms with Crippen molar-refractivity contribution in [3.63, 3.8) is 0 Å². The molecule has 0 saturated heterocycles. The van der Waals surface area contributed by atoms with Crippen LogP contribution < -0.4 is 10.5 Å². The molecule has 1 unspecified atom stereocenters. The van der Waals surface area contributed by atoms with E-state index in [-0.39, 0.29) is 11.7 Å². The molecule has 2 rings (SSSR count). The molecule has 2 aromatic rings. The molecule has 5 heteroatoms. The molecular weight excluding hydrogens is 251 g/mol. The predicted octanol–water partition coefficient (Wildman–Crippen LogP) is 3.02. The molecule has 96 valence electrons. The number of nitrogens with two attached hydrogens (primary N) is 1. The minimum Gasteiger partial charge on any atom is -0.496 e. The zero-order chi connectivity index (χ0) is 13.1. The van der Waals surface area contributed by atoms with Crippen LogP contribution in [-0.4, -0.2) is 18.6 Å². The minimum atomic E-state index is -0.299. The lowest BCUT2D eigenvalue weighted by atomic mass is 10.1. The summed E-state index contributed by atoms with van der Waals surface area (Å²) in [6.45, 7) is 2.57. The first-order valence-electron chi connectivity index (χ1n) is 5.65. The third kappa shape index (κ3) is 2.52. The number of nitrogens with zero attached hydrogens (tertiary/aromatic N) is 1. The second-order valence-corrected chi connectivity index (χ2v) is 4.94. The SMILES string of the molecule is COc1ccc(F)cc1-c1csc(C(C)CN)n1. The summed E-state index contributed by atoms with van der Waals surface area (Å²) in [6, 6.07) is 4.42. The van der Waals surface area contributed by atoms with Gasteiger partial charge in [-0.3, -0.25) is 0 Å². The van der Waals surface area contributed by atoms with Crippen molar-refractivity contribution < 1.29 is 9.13 Å². The summed E-state index contributed by atoms with van der Waals surface area (Å²) in [7, 11) is 1.56. The van der Waals surface area contributed by atoms with Gasteiger partial charge in [0.2, 0.25) is 0 Å². The van der Waals surface area contributed by atoms with Crippen LogP contribution in [0.2, 0.25) is 0 Å². The molecule has 0 fully saturated rings. The lowest BCUT2D eigenvalue weighted by Gasteiger charge is -2.06. The van der Waals surface area contributed by atoms with E-state index in [1.54, 1.807) is 13.2 Å². The normalized spacial score (nSPS) is 12.4. The first-order chi connectivity index (χ1) is 8.65. The van der Waals surface area contributed by atoms with Crippen LogP contribution >= 0.6 is 11.3 Å². The van der Waals surface area contributed by atoms with Gasteiger partial charge in [0.25, 0.3) is 0 Å². The molecule has 0 bridgehead atoms. The number of thiazole rings is 1. The van der Waals surface area contributed by atoms with E-state index in [0.29, 0.717) is 17.9 Å². The fraction of sp³-hybridized carbons (Fsp3) is 0.308. The summed E-state index contributed by atoms with van der Waals surface area (Å²) in [4.78, 5) is 4.49. The lowest BCUT2D eigenvalue weighted by molar-refractivity contribution is 0.415. The van der Waals surface area contributed by atoms with E-state index in [9.17, 15) is 4.39 Å². The summed E-state index contributed by atoms with van der Waals surface area (Å²) < 4.78 is 18.5. The molecule has 1 atom stereocenters. The molecular formula is C13H15FN2OS. The summed E-state index contributed by atoms with van der Waals surface area (Å²) in [6.07, 6.45) is 0. The molecule has 0 amide bonds. The van der Waals surface area contributed by atoms with Crippen LogP contribution in [0, 0.1) is 5.82 Å². The first-order valence-corrected chi connectivity index (χ1v) is 6.53. The number of benzene rings is 1. The van der Waals surface area contributed by atoms with Gasteiger partial charge in [-0.2, -0.15) is 0 Å². The Labute approximate surface area is 109 Å². The Balaban J connectivity index is 2.42. The highest BCUT2D eigenvalue weighted by atomic mass is 32.1. The number of rotatable bonds is 4. The number of aromatic nitrogens is 1. The van der Waals surface area contributed by atoms with E-state index in [1.165, 1.54) is 23.5 Å². The average Bonchev–Trinajstić information content (AvgIpc) is 2.87. The van der Waals surface area contributed by atoms with Crippen LogP contribution in [0.4, 0.5) is 4.39 Å². The third-order valence-corrected chi connectivity index (χ3v) is 3.81. The molecule has 0 aliphatic rings. The highest BCUT2D eigenvalue weighted by Gasteiger charge is 2.13. The fourth-order valence-corrected chi connectivity index (χ4v) is 2.51. The van der Waals surface area contributed by atoms with Gasteiger partial charge < -0.3 is 10.5 Å². The van der Waals surface area contributed by atoms with Gasteiger partial charge in [0.1, 0.15) is 11.6 Å². The standard InChI is InChI=1S/C13H15FN2OS/c1-8(6-15)13-16-11(7-18-13)10-5-9(14)3-4-12(10)17-2/h3-5,7-8H,6,15H2,1-2H3. The molecule has 18 heavy (non-hydrogen) atoms. The summed E-state index contributed by atoms with van der Waals surface area (Å²) in [5.74, 6) is 0.532. The van der Waals surface area contributed by atoms with Crippen LogP contribution in [0.1, 0.15) is 17.8 Å². The Morgan fingerprint density at radius 1 is 1.50 bits per heavy atom. The molecule has 0 radical (unpaired) electrons. The van der Waals surface area contributed by atoms with Crippen molar-refractivity contribution in [3.05, 3.63) is 34.4 Å². The van der Waals surface area contributed by atoms with Gasteiger partial charge in [0.05, 0.1) is 17.8 Å². The number of hydrogen-bond donors (Lipinski definition) is 1. The van der Waals surface area contributed by atoms with E-state index in [4.69, 9.17) is 10.5 Å². The molecule has 1 aromatic carbocycles. The molecule has 1 aromatic heterocycles. The topological polar surface area (TPSA) is 48.1 Å². The summed E-state index contributed by atoms with van der Waals surface area (Å²) in [5.41, 5.74) is 7.01. The fourth-order valence-electron chi connectivity index (χ4n) is 1.62. The number of hydrogen-bond acceptors (Lipinski definition) is 4. The second-order valence-electron chi connectivity index (χ2n) is 4.05. The van der Waals surface area contributed by atoms with Crippen molar-refractivity contribution >= 4 is 11.3 Å². The van der Waals surface area contributed by atoms with Crippen molar-refractivity contribution in [3.8, 4) is 17.0 Å². The summed E-state index contributed by atoms with van der Waals surface area (Å²) >= 11 is 1.53. The first kappa shape index (κ1) is 13.0. The Morgan fingerprint density at radius 3 is 2.94 bits per heavy atom. The van der Waals surface area contributed by atoms with Gasteiger partial charge in [-0.25, -0.2) is 9.37 Å². The average molecular weight is 266 g/mol. The van der Waals surface area contributed by atoms with Gasteiger partial charge in [-0.1, -0.05) is 6.92 Å². The Kier molecular flexibility index (Phi) is 3.93. The maximum Gasteiger partial charge on any atom is 0.128 e. The van der Waals surface area contributed by atoms with Crippen molar-refractivity contribution in [1.82, 2.24) is 4.98 Å². The highest BCUT2D eigenvalue weighted by Crippen LogP contribution is 2.32. The van der Waals surface area contributed by atoms with Crippen LogP contribution in [0.5, 0.6) is 5.75 Å².